The van der Waals surface area contributed by atoms with Crippen LogP contribution >= 0.6 is 0 Å². The van der Waals surface area contributed by atoms with Gasteiger partial charge in [0.05, 0.1) is 12.2 Å². The van der Waals surface area contributed by atoms with Crippen LogP contribution in [0.4, 0.5) is 0 Å². The maximum absolute atomic E-state index is 11.9. The van der Waals surface area contributed by atoms with Crippen LogP contribution < -0.4 is 4.74 Å². The molecule has 0 spiro atoms. The van der Waals surface area contributed by atoms with Gasteiger partial charge in [0.2, 0.25) is 0 Å². The molecule has 0 saturated carbocycles. The molecule has 1 rings (SSSR count). The Balaban J connectivity index is 2.46. The summed E-state index contributed by atoms with van der Waals surface area (Å²) in [5, 5.41) is 0. The lowest BCUT2D eigenvalue weighted by molar-refractivity contribution is 0.0498. The van der Waals surface area contributed by atoms with Gasteiger partial charge in [-0.2, -0.15) is 0 Å². The molecular formula is C18H26O3. The third-order valence-corrected chi connectivity index (χ3v) is 3.19. The van der Waals surface area contributed by atoms with Crippen molar-refractivity contribution >= 4 is 5.97 Å². The van der Waals surface area contributed by atoms with Gasteiger partial charge in [-0.1, -0.05) is 32.8 Å². The van der Waals surface area contributed by atoms with Crippen LogP contribution in [0, 0.1) is 0 Å². The van der Waals surface area contributed by atoms with Crippen LogP contribution in [-0.2, 0) is 4.74 Å². The Labute approximate surface area is 128 Å². The van der Waals surface area contributed by atoms with E-state index in [1.165, 1.54) is 12.8 Å². The monoisotopic (exact) mass is 290 g/mol. The Hall–Kier alpha value is -1.77. The number of esters is 1. The Morgan fingerprint density at radius 1 is 1.19 bits per heavy atom. The molecular weight excluding hydrogens is 264 g/mol. The standard InChI is InChI=1S/C18H26O3/c1-5-7-8-9-14-20-17(19)15-10-12-16(13-11-15)21-18(3,4)6-2/h6,10-13H,2,5,7-9,14H2,1,3-4H3. The molecule has 3 heteroatoms. The SMILES string of the molecule is C=CC(C)(C)Oc1ccc(C(=O)OCCCCCC)cc1. The summed E-state index contributed by atoms with van der Waals surface area (Å²) < 4.78 is 11.0. The van der Waals surface area contributed by atoms with Gasteiger partial charge < -0.3 is 9.47 Å². The first-order valence-corrected chi connectivity index (χ1v) is 7.58. The highest BCUT2D eigenvalue weighted by Gasteiger charge is 2.15. The molecule has 0 N–H and O–H groups in total. The Bertz CT molecular complexity index is 446. The first kappa shape index (κ1) is 17.3. The fourth-order valence-corrected chi connectivity index (χ4v) is 1.78. The number of carbonyl (C=O) groups excluding carboxylic acids is 1. The van der Waals surface area contributed by atoms with Crippen LogP contribution in [0.15, 0.2) is 36.9 Å². The predicted octanol–water partition coefficient (Wildman–Crippen LogP) is 4.77. The van der Waals surface area contributed by atoms with Gasteiger partial charge in [-0.25, -0.2) is 4.79 Å². The number of unbranched alkanes of at least 4 members (excludes halogenated alkanes) is 3. The molecule has 0 aliphatic rings. The molecule has 21 heavy (non-hydrogen) atoms. The quantitative estimate of drug-likeness (QED) is 0.373. The maximum atomic E-state index is 11.9. The van der Waals surface area contributed by atoms with Crippen molar-refractivity contribution in [3.8, 4) is 5.75 Å². The van der Waals surface area contributed by atoms with Crippen LogP contribution in [0.2, 0.25) is 0 Å². The van der Waals surface area contributed by atoms with E-state index in [1.807, 2.05) is 13.8 Å². The summed E-state index contributed by atoms with van der Waals surface area (Å²) in [5.41, 5.74) is 0.121. The topological polar surface area (TPSA) is 35.5 Å². The van der Waals surface area contributed by atoms with Crippen molar-refractivity contribution in [1.82, 2.24) is 0 Å². The average molecular weight is 290 g/mol. The van der Waals surface area contributed by atoms with E-state index in [9.17, 15) is 4.79 Å². The molecule has 116 valence electrons. The Morgan fingerprint density at radius 2 is 1.86 bits per heavy atom. The molecule has 0 heterocycles. The Kier molecular flexibility index (Phi) is 7.00. The molecule has 1 aromatic rings. The summed E-state index contributed by atoms with van der Waals surface area (Å²) >= 11 is 0. The summed E-state index contributed by atoms with van der Waals surface area (Å²) in [6, 6.07) is 7.00. The van der Waals surface area contributed by atoms with Crippen molar-refractivity contribution in [1.29, 1.82) is 0 Å². The van der Waals surface area contributed by atoms with E-state index in [0.717, 1.165) is 12.8 Å². The minimum absolute atomic E-state index is 0.277. The number of hydrogen-bond donors (Lipinski definition) is 0. The van der Waals surface area contributed by atoms with E-state index in [2.05, 4.69) is 13.5 Å². The van der Waals surface area contributed by atoms with E-state index >= 15 is 0 Å². The second kappa shape index (κ2) is 8.50. The molecule has 3 nitrogen and oxygen atoms in total. The van der Waals surface area contributed by atoms with Gasteiger partial charge in [0, 0.05) is 0 Å². The van der Waals surface area contributed by atoms with Crippen molar-refractivity contribution in [3.05, 3.63) is 42.5 Å². The summed E-state index contributed by atoms with van der Waals surface area (Å²) in [6.07, 6.45) is 6.13. The smallest absolute Gasteiger partial charge is 0.338 e. The van der Waals surface area contributed by atoms with E-state index in [0.29, 0.717) is 17.9 Å². The lowest BCUT2D eigenvalue weighted by Gasteiger charge is -2.22. The number of rotatable bonds is 9. The molecule has 1 aromatic carbocycles. The largest absolute Gasteiger partial charge is 0.484 e. The molecule has 0 fully saturated rings. The molecule has 0 amide bonds. The average Bonchev–Trinajstić information content (AvgIpc) is 2.47. The van der Waals surface area contributed by atoms with Gasteiger partial charge in [0.1, 0.15) is 11.4 Å². The number of carbonyl (C=O) groups is 1. The van der Waals surface area contributed by atoms with Crippen LogP contribution in [0.25, 0.3) is 0 Å². The van der Waals surface area contributed by atoms with Gasteiger partial charge in [0.15, 0.2) is 0 Å². The van der Waals surface area contributed by atoms with Crippen LogP contribution in [0.1, 0.15) is 56.8 Å². The summed E-state index contributed by atoms with van der Waals surface area (Å²) in [5.74, 6) is 0.431. The van der Waals surface area contributed by atoms with Gasteiger partial charge >= 0.3 is 5.97 Å². The van der Waals surface area contributed by atoms with Crippen LogP contribution in [0.3, 0.4) is 0 Å². The third kappa shape index (κ3) is 6.48. The first-order chi connectivity index (χ1) is 9.98. The molecule has 0 aliphatic carbocycles. The highest BCUT2D eigenvalue weighted by Crippen LogP contribution is 2.20. The van der Waals surface area contributed by atoms with Crippen molar-refractivity contribution in [2.45, 2.75) is 52.1 Å². The lowest BCUT2D eigenvalue weighted by Crippen LogP contribution is -2.24. The van der Waals surface area contributed by atoms with E-state index in [1.54, 1.807) is 30.3 Å². The zero-order valence-electron chi connectivity index (χ0n) is 13.4. The second-order valence-electron chi connectivity index (χ2n) is 5.63. The van der Waals surface area contributed by atoms with Crippen LogP contribution in [0.5, 0.6) is 5.75 Å². The summed E-state index contributed by atoms with van der Waals surface area (Å²) in [4.78, 5) is 11.9. The second-order valence-corrected chi connectivity index (χ2v) is 5.63. The lowest BCUT2D eigenvalue weighted by atomic mass is 10.1. The van der Waals surface area contributed by atoms with E-state index < -0.39 is 5.60 Å². The molecule has 0 unspecified atom stereocenters. The normalized spacial score (nSPS) is 11.0. The molecule has 0 bridgehead atoms. The molecule has 0 aromatic heterocycles. The third-order valence-electron chi connectivity index (χ3n) is 3.19. The van der Waals surface area contributed by atoms with Gasteiger partial charge in [0.25, 0.3) is 0 Å². The zero-order chi connectivity index (χ0) is 15.7. The number of hydrogen-bond acceptors (Lipinski definition) is 3. The fourth-order valence-electron chi connectivity index (χ4n) is 1.78. The molecule has 0 aliphatic heterocycles. The van der Waals surface area contributed by atoms with Crippen molar-refractivity contribution in [2.75, 3.05) is 6.61 Å². The predicted molar refractivity (Wildman–Crippen MR) is 85.8 cm³/mol. The van der Waals surface area contributed by atoms with E-state index in [4.69, 9.17) is 9.47 Å². The van der Waals surface area contributed by atoms with Crippen molar-refractivity contribution in [2.24, 2.45) is 0 Å². The number of benzene rings is 1. The van der Waals surface area contributed by atoms with Crippen molar-refractivity contribution < 1.29 is 14.3 Å². The summed E-state index contributed by atoms with van der Waals surface area (Å²) in [7, 11) is 0. The van der Waals surface area contributed by atoms with Gasteiger partial charge in [-0.05, 0) is 50.6 Å². The van der Waals surface area contributed by atoms with Gasteiger partial charge in [-0.15, -0.1) is 0 Å². The maximum Gasteiger partial charge on any atom is 0.338 e. The first-order valence-electron chi connectivity index (χ1n) is 7.58. The highest BCUT2D eigenvalue weighted by molar-refractivity contribution is 5.89. The van der Waals surface area contributed by atoms with Gasteiger partial charge in [-0.3, -0.25) is 0 Å². The molecule has 0 atom stereocenters. The van der Waals surface area contributed by atoms with Crippen LogP contribution in [-0.4, -0.2) is 18.2 Å². The zero-order valence-corrected chi connectivity index (χ0v) is 13.4. The highest BCUT2D eigenvalue weighted by atomic mass is 16.5. The minimum atomic E-state index is -0.429. The number of ether oxygens (including phenoxy) is 2. The minimum Gasteiger partial charge on any atom is -0.484 e. The molecule has 0 radical (unpaired) electrons. The van der Waals surface area contributed by atoms with E-state index in [-0.39, 0.29) is 5.97 Å². The summed E-state index contributed by atoms with van der Waals surface area (Å²) in [6.45, 7) is 10.2. The Morgan fingerprint density at radius 3 is 2.43 bits per heavy atom. The molecule has 0 saturated heterocycles. The van der Waals surface area contributed by atoms with Crippen molar-refractivity contribution in [3.63, 3.8) is 0 Å². The fraction of sp³-hybridized carbons (Fsp3) is 0.500.